The third-order valence-corrected chi connectivity index (χ3v) is 7.02. The lowest BCUT2D eigenvalue weighted by Crippen LogP contribution is -2.46. The molecule has 0 spiro atoms. The smallest absolute Gasteiger partial charge is 0.146 e. The van der Waals surface area contributed by atoms with Crippen molar-refractivity contribution in [3.8, 4) is 11.5 Å². The number of para-hydroxylation sites is 1. The average molecular weight is 398 g/mol. The lowest BCUT2D eigenvalue weighted by atomic mass is 9.71. The molecule has 1 saturated carbocycles. The minimum absolute atomic E-state index is 0.173. The maximum Gasteiger partial charge on any atom is 0.146 e. The summed E-state index contributed by atoms with van der Waals surface area (Å²) in [4.78, 5) is 0. The predicted octanol–water partition coefficient (Wildman–Crippen LogP) is 6.97. The van der Waals surface area contributed by atoms with Gasteiger partial charge in [0.2, 0.25) is 0 Å². The summed E-state index contributed by atoms with van der Waals surface area (Å²) in [7, 11) is 0. The second kappa shape index (κ2) is 7.96. The molecule has 3 nitrogen and oxygen atoms in total. The number of fused-ring (bicyclic) bond motifs is 3. The van der Waals surface area contributed by atoms with Crippen molar-refractivity contribution in [2.24, 2.45) is 11.8 Å². The summed E-state index contributed by atoms with van der Waals surface area (Å²) in [6.45, 7) is 0.855. The number of halogens is 1. The predicted molar refractivity (Wildman–Crippen MR) is 113 cm³/mol. The van der Waals surface area contributed by atoms with Gasteiger partial charge in [0.15, 0.2) is 0 Å². The standard InChI is InChI=1S/C24H28ClNO2/c25-20-10-4-5-11-22(20)28-17-12-13-21-19(15-17)24-18(9-6-14-27-24)23(26-21)16-7-2-1-3-8-16/h4-5,10-13,15-16,18,23-24,26H,1-3,6-9,14H2/t18-,23-,24-/m0/s1. The Kier molecular flexibility index (Phi) is 5.21. The molecule has 0 unspecified atom stereocenters. The minimum atomic E-state index is 0.173. The van der Waals surface area contributed by atoms with Gasteiger partial charge in [0.05, 0.1) is 11.1 Å². The number of hydrogen-bond acceptors (Lipinski definition) is 3. The zero-order valence-electron chi connectivity index (χ0n) is 16.2. The van der Waals surface area contributed by atoms with E-state index in [4.69, 9.17) is 21.1 Å². The topological polar surface area (TPSA) is 30.5 Å². The Morgan fingerprint density at radius 1 is 0.964 bits per heavy atom. The minimum Gasteiger partial charge on any atom is -0.456 e. The molecule has 2 aromatic carbocycles. The van der Waals surface area contributed by atoms with E-state index in [-0.39, 0.29) is 6.10 Å². The largest absolute Gasteiger partial charge is 0.456 e. The van der Waals surface area contributed by atoms with Gasteiger partial charge in [0.1, 0.15) is 11.5 Å². The van der Waals surface area contributed by atoms with Gasteiger partial charge in [-0.1, -0.05) is 43.0 Å². The normalized spacial score (nSPS) is 27.4. The molecule has 5 rings (SSSR count). The molecule has 0 bridgehead atoms. The van der Waals surface area contributed by atoms with Crippen LogP contribution in [0.4, 0.5) is 5.69 Å². The van der Waals surface area contributed by atoms with Crippen LogP contribution in [0.5, 0.6) is 11.5 Å². The maximum atomic E-state index is 6.34. The highest BCUT2D eigenvalue weighted by Crippen LogP contribution is 2.48. The molecule has 148 valence electrons. The molecule has 28 heavy (non-hydrogen) atoms. The van der Waals surface area contributed by atoms with E-state index in [0.29, 0.717) is 22.7 Å². The number of hydrogen-bond donors (Lipinski definition) is 1. The zero-order valence-corrected chi connectivity index (χ0v) is 17.0. The molecular formula is C24H28ClNO2. The molecule has 2 heterocycles. The van der Waals surface area contributed by atoms with Crippen LogP contribution in [0.3, 0.4) is 0 Å². The summed E-state index contributed by atoms with van der Waals surface area (Å²) in [5.74, 6) is 2.84. The Morgan fingerprint density at radius 3 is 2.68 bits per heavy atom. The first-order valence-corrected chi connectivity index (χ1v) is 11.1. The highest BCUT2D eigenvalue weighted by molar-refractivity contribution is 6.32. The van der Waals surface area contributed by atoms with Crippen molar-refractivity contribution in [2.45, 2.75) is 57.1 Å². The molecule has 2 fully saturated rings. The van der Waals surface area contributed by atoms with Crippen molar-refractivity contribution in [2.75, 3.05) is 11.9 Å². The fourth-order valence-electron chi connectivity index (χ4n) is 5.37. The van der Waals surface area contributed by atoms with Crippen LogP contribution < -0.4 is 10.1 Å². The molecule has 3 atom stereocenters. The van der Waals surface area contributed by atoms with Crippen LogP contribution in [-0.4, -0.2) is 12.6 Å². The molecule has 0 amide bonds. The van der Waals surface area contributed by atoms with E-state index in [1.54, 1.807) is 0 Å². The fourth-order valence-corrected chi connectivity index (χ4v) is 5.54. The van der Waals surface area contributed by atoms with E-state index in [9.17, 15) is 0 Å². The molecule has 0 aromatic heterocycles. The number of rotatable bonds is 3. The highest BCUT2D eigenvalue weighted by Gasteiger charge is 2.42. The molecule has 1 saturated heterocycles. The first-order valence-electron chi connectivity index (χ1n) is 10.7. The van der Waals surface area contributed by atoms with E-state index in [0.717, 1.165) is 24.7 Å². The van der Waals surface area contributed by atoms with Crippen LogP contribution in [0, 0.1) is 11.8 Å². The van der Waals surface area contributed by atoms with Crippen LogP contribution >= 0.6 is 11.6 Å². The summed E-state index contributed by atoms with van der Waals surface area (Å²) < 4.78 is 12.4. The molecular weight excluding hydrogens is 370 g/mol. The summed E-state index contributed by atoms with van der Waals surface area (Å²) in [6.07, 6.45) is 9.43. The zero-order chi connectivity index (χ0) is 18.9. The van der Waals surface area contributed by atoms with E-state index in [1.165, 1.54) is 49.8 Å². The maximum absolute atomic E-state index is 6.34. The number of nitrogens with one attached hydrogen (secondary N) is 1. The molecule has 3 aliphatic rings. The van der Waals surface area contributed by atoms with E-state index < -0.39 is 0 Å². The second-order valence-corrected chi connectivity index (χ2v) is 8.85. The second-order valence-electron chi connectivity index (χ2n) is 8.45. The number of ether oxygens (including phenoxy) is 2. The van der Waals surface area contributed by atoms with Crippen LogP contribution in [0.1, 0.15) is 56.6 Å². The quantitative estimate of drug-likeness (QED) is 0.606. The fraction of sp³-hybridized carbons (Fsp3) is 0.500. The highest BCUT2D eigenvalue weighted by atomic mass is 35.5. The summed E-state index contributed by atoms with van der Waals surface area (Å²) in [5, 5.41) is 4.53. The monoisotopic (exact) mass is 397 g/mol. The summed E-state index contributed by atoms with van der Waals surface area (Å²) >= 11 is 6.27. The van der Waals surface area contributed by atoms with E-state index in [2.05, 4.69) is 17.4 Å². The Bertz CT molecular complexity index is 833. The molecule has 1 N–H and O–H groups in total. The Morgan fingerprint density at radius 2 is 1.82 bits per heavy atom. The first kappa shape index (κ1) is 18.3. The van der Waals surface area contributed by atoms with Gasteiger partial charge in [-0.3, -0.25) is 0 Å². The summed E-state index contributed by atoms with van der Waals surface area (Å²) in [6, 6.07) is 14.5. The van der Waals surface area contributed by atoms with Gasteiger partial charge >= 0.3 is 0 Å². The Balaban J connectivity index is 1.44. The van der Waals surface area contributed by atoms with Gasteiger partial charge in [0, 0.05) is 29.8 Å². The van der Waals surface area contributed by atoms with Gasteiger partial charge in [-0.15, -0.1) is 0 Å². The molecule has 0 radical (unpaired) electrons. The molecule has 2 aliphatic heterocycles. The first-order chi connectivity index (χ1) is 13.8. The number of anilines is 1. The van der Waals surface area contributed by atoms with Crippen molar-refractivity contribution in [1.82, 2.24) is 0 Å². The van der Waals surface area contributed by atoms with Gasteiger partial charge in [-0.05, 0) is 61.9 Å². The van der Waals surface area contributed by atoms with Gasteiger partial charge in [0.25, 0.3) is 0 Å². The van der Waals surface area contributed by atoms with Crippen LogP contribution in [-0.2, 0) is 4.74 Å². The molecule has 4 heteroatoms. The van der Waals surface area contributed by atoms with Crippen molar-refractivity contribution in [3.05, 3.63) is 53.1 Å². The third kappa shape index (κ3) is 3.51. The van der Waals surface area contributed by atoms with Gasteiger partial charge in [-0.25, -0.2) is 0 Å². The van der Waals surface area contributed by atoms with Crippen LogP contribution in [0.2, 0.25) is 5.02 Å². The Hall–Kier alpha value is -1.71. The molecule has 2 aromatic rings. The van der Waals surface area contributed by atoms with Gasteiger partial charge in [-0.2, -0.15) is 0 Å². The lowest BCUT2D eigenvalue weighted by molar-refractivity contribution is -0.0458. The lowest BCUT2D eigenvalue weighted by Gasteiger charge is -2.47. The van der Waals surface area contributed by atoms with Crippen molar-refractivity contribution in [3.63, 3.8) is 0 Å². The van der Waals surface area contributed by atoms with Crippen molar-refractivity contribution in [1.29, 1.82) is 0 Å². The summed E-state index contributed by atoms with van der Waals surface area (Å²) in [5.41, 5.74) is 2.45. The van der Waals surface area contributed by atoms with Crippen LogP contribution in [0.15, 0.2) is 42.5 Å². The SMILES string of the molecule is Clc1ccccc1Oc1ccc2c(c1)[C@H]1OCCC[C@H]1[C@H](C1CCCCC1)N2. The van der Waals surface area contributed by atoms with E-state index >= 15 is 0 Å². The number of benzene rings is 2. The third-order valence-electron chi connectivity index (χ3n) is 6.70. The molecule has 1 aliphatic carbocycles. The van der Waals surface area contributed by atoms with Crippen molar-refractivity contribution >= 4 is 17.3 Å². The van der Waals surface area contributed by atoms with E-state index in [1.807, 2.05) is 30.3 Å². The average Bonchev–Trinajstić information content (AvgIpc) is 2.75. The van der Waals surface area contributed by atoms with Gasteiger partial charge < -0.3 is 14.8 Å². The van der Waals surface area contributed by atoms with Crippen molar-refractivity contribution < 1.29 is 9.47 Å². The van der Waals surface area contributed by atoms with Crippen LogP contribution in [0.25, 0.3) is 0 Å². The Labute approximate surface area is 172 Å².